The van der Waals surface area contributed by atoms with Gasteiger partial charge in [-0.1, -0.05) is 24.3 Å². The Morgan fingerprint density at radius 3 is 2.25 bits per heavy atom. The largest absolute Gasteiger partial charge is 0.427 e. The van der Waals surface area contributed by atoms with Crippen molar-refractivity contribution in [2.75, 3.05) is 5.32 Å². The molecule has 1 amide bonds. The van der Waals surface area contributed by atoms with Crippen LogP contribution in [0.15, 0.2) is 48.5 Å². The van der Waals surface area contributed by atoms with Gasteiger partial charge in [0.05, 0.1) is 0 Å². The third-order valence-corrected chi connectivity index (χ3v) is 2.63. The normalized spacial score (nSPS) is 9.90. The predicted molar refractivity (Wildman–Crippen MR) is 77.5 cm³/mol. The minimum absolute atomic E-state index is 0.102. The van der Waals surface area contributed by atoms with Gasteiger partial charge in [0.2, 0.25) is 5.91 Å². The molecule has 20 heavy (non-hydrogen) atoms. The van der Waals surface area contributed by atoms with Gasteiger partial charge in [-0.2, -0.15) is 0 Å². The first kappa shape index (κ1) is 13.8. The van der Waals surface area contributed by atoms with E-state index in [2.05, 4.69) is 5.32 Å². The Bertz CT molecular complexity index is 632. The molecule has 0 spiro atoms. The maximum Gasteiger partial charge on any atom is 0.308 e. The number of nitrogens with one attached hydrogen (secondary N) is 1. The van der Waals surface area contributed by atoms with E-state index >= 15 is 0 Å². The van der Waals surface area contributed by atoms with Gasteiger partial charge in [-0.25, -0.2) is 0 Å². The summed E-state index contributed by atoms with van der Waals surface area (Å²) < 4.78 is 5.06. The zero-order valence-electron chi connectivity index (χ0n) is 11.3. The topological polar surface area (TPSA) is 55.4 Å². The molecule has 0 unspecified atom stereocenters. The molecule has 0 bridgehead atoms. The van der Waals surface area contributed by atoms with Crippen LogP contribution in [0.2, 0.25) is 0 Å². The van der Waals surface area contributed by atoms with E-state index in [-0.39, 0.29) is 11.9 Å². The number of amides is 1. The van der Waals surface area contributed by atoms with E-state index in [9.17, 15) is 9.59 Å². The fourth-order valence-corrected chi connectivity index (χ4v) is 1.85. The number of ether oxygens (including phenoxy) is 1. The van der Waals surface area contributed by atoms with E-state index in [0.29, 0.717) is 5.75 Å². The minimum Gasteiger partial charge on any atom is -0.427 e. The van der Waals surface area contributed by atoms with Gasteiger partial charge in [0.15, 0.2) is 0 Å². The third kappa shape index (κ3) is 3.68. The highest BCUT2D eigenvalue weighted by molar-refractivity contribution is 5.89. The molecule has 0 saturated heterocycles. The molecular weight excluding hydrogens is 254 g/mol. The van der Waals surface area contributed by atoms with Gasteiger partial charge in [-0.3, -0.25) is 9.59 Å². The van der Waals surface area contributed by atoms with Crippen LogP contribution in [0, 0.1) is 0 Å². The first-order valence-electron chi connectivity index (χ1n) is 6.21. The van der Waals surface area contributed by atoms with Gasteiger partial charge in [-0.15, -0.1) is 0 Å². The predicted octanol–water partition coefficient (Wildman–Crippen LogP) is 3.24. The zero-order valence-corrected chi connectivity index (χ0v) is 11.3. The molecule has 0 fully saturated rings. The van der Waals surface area contributed by atoms with Gasteiger partial charge in [0.1, 0.15) is 5.75 Å². The summed E-state index contributed by atoms with van der Waals surface area (Å²) in [5, 5.41) is 2.71. The molecule has 2 aromatic rings. The molecule has 0 heterocycles. The average Bonchev–Trinajstić information content (AvgIpc) is 2.38. The fraction of sp³-hybridized carbons (Fsp3) is 0.125. The van der Waals surface area contributed by atoms with E-state index in [1.54, 1.807) is 12.1 Å². The number of carbonyl (C=O) groups excluding carboxylic acids is 2. The molecule has 2 aromatic carbocycles. The fourth-order valence-electron chi connectivity index (χ4n) is 1.85. The number of rotatable bonds is 3. The van der Waals surface area contributed by atoms with Gasteiger partial charge in [-0.05, 0) is 35.4 Å². The van der Waals surface area contributed by atoms with E-state index in [1.165, 1.54) is 13.8 Å². The lowest BCUT2D eigenvalue weighted by Gasteiger charge is -2.07. The Hall–Kier alpha value is -2.62. The minimum atomic E-state index is -0.344. The van der Waals surface area contributed by atoms with E-state index < -0.39 is 0 Å². The molecule has 4 nitrogen and oxygen atoms in total. The molecule has 0 atom stereocenters. The second-order valence-corrected chi connectivity index (χ2v) is 4.38. The van der Waals surface area contributed by atoms with Crippen LogP contribution in [0.5, 0.6) is 5.75 Å². The van der Waals surface area contributed by atoms with Crippen molar-refractivity contribution in [1.82, 2.24) is 0 Å². The van der Waals surface area contributed by atoms with Crippen LogP contribution in [0.1, 0.15) is 13.8 Å². The Balaban J connectivity index is 2.22. The molecule has 0 aliphatic heterocycles. The standard InChI is InChI=1S/C16H15NO3/c1-11(18)17-15-8-6-13(7-9-15)14-4-3-5-16(10-14)20-12(2)19/h3-10H,1-2H3,(H,17,18). The van der Waals surface area contributed by atoms with Crippen molar-refractivity contribution in [2.24, 2.45) is 0 Å². The number of carbonyl (C=O) groups is 2. The third-order valence-electron chi connectivity index (χ3n) is 2.63. The van der Waals surface area contributed by atoms with Crippen LogP contribution < -0.4 is 10.1 Å². The summed E-state index contributed by atoms with van der Waals surface area (Å²) in [6.45, 7) is 2.84. The lowest BCUT2D eigenvalue weighted by Crippen LogP contribution is -2.05. The highest BCUT2D eigenvalue weighted by atomic mass is 16.5. The van der Waals surface area contributed by atoms with Crippen LogP contribution in [0.4, 0.5) is 5.69 Å². The smallest absolute Gasteiger partial charge is 0.308 e. The number of benzene rings is 2. The monoisotopic (exact) mass is 269 g/mol. The second kappa shape index (κ2) is 6.02. The Labute approximate surface area is 117 Å². The van der Waals surface area contributed by atoms with Crippen molar-refractivity contribution in [3.63, 3.8) is 0 Å². The van der Waals surface area contributed by atoms with E-state index in [1.807, 2.05) is 36.4 Å². The molecule has 1 N–H and O–H groups in total. The van der Waals surface area contributed by atoms with E-state index in [4.69, 9.17) is 4.74 Å². The van der Waals surface area contributed by atoms with Crippen molar-refractivity contribution in [2.45, 2.75) is 13.8 Å². The lowest BCUT2D eigenvalue weighted by atomic mass is 10.1. The maximum atomic E-state index is 11.0. The summed E-state index contributed by atoms with van der Waals surface area (Å²) in [7, 11) is 0. The second-order valence-electron chi connectivity index (χ2n) is 4.38. The van der Waals surface area contributed by atoms with Gasteiger partial charge >= 0.3 is 5.97 Å². The van der Waals surface area contributed by atoms with Crippen LogP contribution in [-0.4, -0.2) is 11.9 Å². The van der Waals surface area contributed by atoms with Crippen LogP contribution in [0.3, 0.4) is 0 Å². The molecule has 0 aliphatic rings. The molecule has 0 aromatic heterocycles. The first-order valence-corrected chi connectivity index (χ1v) is 6.21. The van der Waals surface area contributed by atoms with Gasteiger partial charge in [0, 0.05) is 19.5 Å². The summed E-state index contributed by atoms with van der Waals surface area (Å²) in [6, 6.07) is 14.8. The Morgan fingerprint density at radius 2 is 1.65 bits per heavy atom. The Kier molecular flexibility index (Phi) is 4.15. The number of anilines is 1. The number of esters is 1. The lowest BCUT2D eigenvalue weighted by molar-refractivity contribution is -0.131. The average molecular weight is 269 g/mol. The summed E-state index contributed by atoms with van der Waals surface area (Å²) in [6.07, 6.45) is 0. The van der Waals surface area contributed by atoms with Crippen molar-refractivity contribution in [3.05, 3.63) is 48.5 Å². The van der Waals surface area contributed by atoms with Crippen LogP contribution in [-0.2, 0) is 9.59 Å². The van der Waals surface area contributed by atoms with Crippen molar-refractivity contribution < 1.29 is 14.3 Å². The molecule has 2 rings (SSSR count). The molecule has 102 valence electrons. The summed E-state index contributed by atoms with van der Waals surface area (Å²) in [4.78, 5) is 21.9. The Morgan fingerprint density at radius 1 is 0.950 bits per heavy atom. The molecule has 0 saturated carbocycles. The van der Waals surface area contributed by atoms with Crippen molar-refractivity contribution in [1.29, 1.82) is 0 Å². The molecule has 0 aliphatic carbocycles. The zero-order chi connectivity index (χ0) is 14.5. The molecular formula is C16H15NO3. The summed E-state index contributed by atoms with van der Waals surface area (Å²) in [5.41, 5.74) is 2.67. The number of hydrogen-bond donors (Lipinski definition) is 1. The van der Waals surface area contributed by atoms with Gasteiger partial charge < -0.3 is 10.1 Å². The summed E-state index contributed by atoms with van der Waals surface area (Å²) in [5.74, 6) is 0.0682. The van der Waals surface area contributed by atoms with Crippen LogP contribution >= 0.6 is 0 Å². The van der Waals surface area contributed by atoms with Crippen LogP contribution in [0.25, 0.3) is 11.1 Å². The highest BCUT2D eigenvalue weighted by Gasteiger charge is 2.03. The number of hydrogen-bond acceptors (Lipinski definition) is 3. The molecule has 0 radical (unpaired) electrons. The van der Waals surface area contributed by atoms with E-state index in [0.717, 1.165) is 16.8 Å². The molecule has 4 heteroatoms. The highest BCUT2D eigenvalue weighted by Crippen LogP contribution is 2.25. The van der Waals surface area contributed by atoms with Crippen molar-refractivity contribution in [3.8, 4) is 16.9 Å². The van der Waals surface area contributed by atoms with Gasteiger partial charge in [0.25, 0.3) is 0 Å². The quantitative estimate of drug-likeness (QED) is 0.687. The van der Waals surface area contributed by atoms with Crippen molar-refractivity contribution >= 4 is 17.6 Å². The summed E-state index contributed by atoms with van der Waals surface area (Å²) >= 11 is 0. The maximum absolute atomic E-state index is 11.0. The first-order chi connectivity index (χ1) is 9.54. The SMILES string of the molecule is CC(=O)Nc1ccc(-c2cccc(OC(C)=O)c2)cc1.